The first kappa shape index (κ1) is 17.6. The van der Waals surface area contributed by atoms with E-state index < -0.39 is 5.91 Å². The van der Waals surface area contributed by atoms with E-state index in [0.29, 0.717) is 10.7 Å². The second kappa shape index (κ2) is 7.66. The fourth-order valence-corrected chi connectivity index (χ4v) is 2.04. The van der Waals surface area contributed by atoms with E-state index in [1.807, 2.05) is 0 Å². The zero-order chi connectivity index (χ0) is 17.7. The lowest BCUT2D eigenvalue weighted by Gasteiger charge is -2.24. The number of carbonyl (C=O) groups is 2. The van der Waals surface area contributed by atoms with Crippen LogP contribution in [-0.4, -0.2) is 33.2 Å². The van der Waals surface area contributed by atoms with Gasteiger partial charge in [0, 0.05) is 12.6 Å². The summed E-state index contributed by atoms with van der Waals surface area (Å²) in [4.78, 5) is 34.4. The first-order valence-corrected chi connectivity index (χ1v) is 7.32. The third-order valence-electron chi connectivity index (χ3n) is 3.14. The molecule has 2 aromatic rings. The fraction of sp³-hybridized carbons (Fsp3) is 0.214. The summed E-state index contributed by atoms with van der Waals surface area (Å²) in [5.74, 6) is 5.56. The Bertz CT molecular complexity index is 756. The number of nitrogens with two attached hydrogens (primary N) is 2. The predicted molar refractivity (Wildman–Crippen MR) is 89.9 cm³/mol. The Morgan fingerprint density at radius 1 is 1.46 bits per heavy atom. The minimum Gasteiger partial charge on any atom is -0.364 e. The van der Waals surface area contributed by atoms with E-state index in [2.05, 4.69) is 20.3 Å². The van der Waals surface area contributed by atoms with E-state index in [-0.39, 0.29) is 29.8 Å². The van der Waals surface area contributed by atoms with Gasteiger partial charge in [-0.05, 0) is 13.0 Å². The molecule has 0 fully saturated rings. The van der Waals surface area contributed by atoms with Gasteiger partial charge in [0.1, 0.15) is 6.29 Å². The van der Waals surface area contributed by atoms with Crippen LogP contribution in [0.2, 0.25) is 5.02 Å². The topological polar surface area (TPSA) is 140 Å². The Labute approximate surface area is 143 Å². The first-order valence-electron chi connectivity index (χ1n) is 6.94. The second-order valence-electron chi connectivity index (χ2n) is 4.97. The van der Waals surface area contributed by atoms with Crippen molar-refractivity contribution in [2.24, 2.45) is 11.6 Å². The highest BCUT2D eigenvalue weighted by Gasteiger charge is 2.18. The summed E-state index contributed by atoms with van der Waals surface area (Å²) in [5, 5.41) is 4.58. The van der Waals surface area contributed by atoms with Crippen molar-refractivity contribution in [3.63, 3.8) is 0 Å². The van der Waals surface area contributed by atoms with Gasteiger partial charge < -0.3 is 15.8 Å². The van der Waals surface area contributed by atoms with Gasteiger partial charge in [0.25, 0.3) is 5.91 Å². The van der Waals surface area contributed by atoms with E-state index in [1.165, 1.54) is 23.6 Å². The van der Waals surface area contributed by atoms with E-state index in [4.69, 9.17) is 23.2 Å². The number of aromatic nitrogens is 3. The summed E-state index contributed by atoms with van der Waals surface area (Å²) in [6.45, 7) is 1.76. The van der Waals surface area contributed by atoms with Crippen molar-refractivity contribution in [2.75, 3.05) is 10.3 Å². The first-order chi connectivity index (χ1) is 11.4. The molecule has 0 saturated carbocycles. The molecule has 9 nitrogen and oxygen atoms in total. The number of hydrogen-bond acceptors (Lipinski definition) is 8. The molecule has 2 aromatic heterocycles. The number of pyridine rings is 1. The molecule has 0 aliphatic heterocycles. The molecule has 0 aliphatic rings. The van der Waals surface area contributed by atoms with Crippen LogP contribution >= 0.6 is 11.6 Å². The number of aldehydes is 1. The average Bonchev–Trinajstić information content (AvgIpc) is 2.54. The Balaban J connectivity index is 2.38. The van der Waals surface area contributed by atoms with Crippen molar-refractivity contribution in [1.82, 2.24) is 15.0 Å². The Hall–Kier alpha value is -2.78. The molecule has 2 heterocycles. The van der Waals surface area contributed by atoms with Crippen LogP contribution in [0.1, 0.15) is 23.8 Å². The second-order valence-corrected chi connectivity index (χ2v) is 5.40. The van der Waals surface area contributed by atoms with Crippen molar-refractivity contribution in [1.29, 1.82) is 0 Å². The molecule has 0 radical (unpaired) electrons. The standard InChI is InChI=1S/C14H16ClN7O2/c1-8(2-3-23)22(17)11-7-19-12(13(16)24)14(21-11)20-10-4-9(15)5-18-6-10/h3-8H,2,17H2,1H3,(H2,16,24)(H,20,21)/t8-/m1/s1. The molecule has 0 unspecified atom stereocenters. The highest BCUT2D eigenvalue weighted by molar-refractivity contribution is 6.30. The van der Waals surface area contributed by atoms with Crippen molar-refractivity contribution in [3.8, 4) is 0 Å². The third kappa shape index (κ3) is 4.15. The Morgan fingerprint density at radius 2 is 2.21 bits per heavy atom. The smallest absolute Gasteiger partial charge is 0.271 e. The molecule has 0 aromatic carbocycles. The molecule has 0 bridgehead atoms. The van der Waals surface area contributed by atoms with Gasteiger partial charge >= 0.3 is 0 Å². The molecule has 1 atom stereocenters. The van der Waals surface area contributed by atoms with Gasteiger partial charge in [-0.3, -0.25) is 14.8 Å². The Kier molecular flexibility index (Phi) is 5.61. The molecule has 126 valence electrons. The molecule has 24 heavy (non-hydrogen) atoms. The van der Waals surface area contributed by atoms with Gasteiger partial charge in [0.05, 0.1) is 29.1 Å². The number of amides is 1. The van der Waals surface area contributed by atoms with Crippen LogP contribution < -0.4 is 21.9 Å². The molecular formula is C14H16ClN7O2. The fourth-order valence-electron chi connectivity index (χ4n) is 1.87. The van der Waals surface area contributed by atoms with Gasteiger partial charge in [0.15, 0.2) is 17.3 Å². The number of primary amides is 1. The number of halogens is 1. The molecule has 2 rings (SSSR count). The molecule has 0 aliphatic carbocycles. The normalized spacial score (nSPS) is 11.6. The van der Waals surface area contributed by atoms with Crippen LogP contribution in [0.25, 0.3) is 0 Å². The number of nitrogens with one attached hydrogen (secondary N) is 1. The summed E-state index contributed by atoms with van der Waals surface area (Å²) >= 11 is 5.88. The molecule has 5 N–H and O–H groups in total. The lowest BCUT2D eigenvalue weighted by molar-refractivity contribution is -0.108. The monoisotopic (exact) mass is 349 g/mol. The summed E-state index contributed by atoms with van der Waals surface area (Å²) in [6, 6.07) is 1.31. The minimum absolute atomic E-state index is 0.0600. The van der Waals surface area contributed by atoms with Crippen LogP contribution in [-0.2, 0) is 4.79 Å². The summed E-state index contributed by atoms with van der Waals surface area (Å²) < 4.78 is 0. The SMILES string of the molecule is C[C@H](CC=O)N(N)c1cnc(C(N)=O)c(Nc2cncc(Cl)c2)n1. The average molecular weight is 350 g/mol. The highest BCUT2D eigenvalue weighted by atomic mass is 35.5. The van der Waals surface area contributed by atoms with E-state index in [0.717, 1.165) is 6.29 Å². The summed E-state index contributed by atoms with van der Waals surface area (Å²) in [7, 11) is 0. The van der Waals surface area contributed by atoms with Gasteiger partial charge in [-0.15, -0.1) is 0 Å². The number of nitrogens with zero attached hydrogens (tertiary/aromatic N) is 4. The van der Waals surface area contributed by atoms with Crippen LogP contribution in [0, 0.1) is 0 Å². The van der Waals surface area contributed by atoms with Crippen molar-refractivity contribution in [2.45, 2.75) is 19.4 Å². The predicted octanol–water partition coefficient (Wildman–Crippen LogP) is 1.03. The van der Waals surface area contributed by atoms with Gasteiger partial charge in [-0.25, -0.2) is 15.8 Å². The van der Waals surface area contributed by atoms with Crippen molar-refractivity contribution < 1.29 is 9.59 Å². The van der Waals surface area contributed by atoms with Gasteiger partial charge in [-0.1, -0.05) is 11.6 Å². The third-order valence-corrected chi connectivity index (χ3v) is 3.34. The Morgan fingerprint density at radius 3 is 2.83 bits per heavy atom. The highest BCUT2D eigenvalue weighted by Crippen LogP contribution is 2.22. The molecule has 0 spiro atoms. The van der Waals surface area contributed by atoms with Gasteiger partial charge in [0.2, 0.25) is 0 Å². The largest absolute Gasteiger partial charge is 0.364 e. The van der Waals surface area contributed by atoms with Crippen molar-refractivity contribution in [3.05, 3.63) is 35.4 Å². The maximum absolute atomic E-state index is 11.5. The maximum Gasteiger partial charge on any atom is 0.271 e. The number of anilines is 3. The summed E-state index contributed by atoms with van der Waals surface area (Å²) in [6.07, 6.45) is 5.25. The molecule has 0 saturated heterocycles. The number of hydrogen-bond donors (Lipinski definition) is 3. The van der Waals surface area contributed by atoms with Crippen molar-refractivity contribution >= 4 is 41.1 Å². The number of rotatable bonds is 7. The lowest BCUT2D eigenvalue weighted by atomic mass is 10.2. The lowest BCUT2D eigenvalue weighted by Crippen LogP contribution is -2.40. The van der Waals surface area contributed by atoms with Crippen LogP contribution in [0.5, 0.6) is 0 Å². The van der Waals surface area contributed by atoms with Gasteiger partial charge in [-0.2, -0.15) is 0 Å². The number of hydrazine groups is 1. The molecule has 1 amide bonds. The quantitative estimate of drug-likeness (QED) is 0.382. The van der Waals surface area contributed by atoms with E-state index in [1.54, 1.807) is 13.0 Å². The minimum atomic E-state index is -0.754. The van der Waals surface area contributed by atoms with E-state index in [9.17, 15) is 9.59 Å². The van der Waals surface area contributed by atoms with Crippen LogP contribution in [0.3, 0.4) is 0 Å². The molecule has 10 heteroatoms. The summed E-state index contributed by atoms with van der Waals surface area (Å²) in [5.41, 5.74) is 5.76. The number of carbonyl (C=O) groups excluding carboxylic acids is 2. The maximum atomic E-state index is 11.5. The zero-order valence-corrected chi connectivity index (χ0v) is 13.6. The van der Waals surface area contributed by atoms with Crippen LogP contribution in [0.4, 0.5) is 17.3 Å². The molecular weight excluding hydrogens is 334 g/mol. The zero-order valence-electron chi connectivity index (χ0n) is 12.8. The van der Waals surface area contributed by atoms with E-state index >= 15 is 0 Å². The van der Waals surface area contributed by atoms with Crippen LogP contribution in [0.15, 0.2) is 24.7 Å².